The van der Waals surface area contributed by atoms with Crippen LogP contribution in [0.1, 0.15) is 17.4 Å². The standard InChI is InChI=1S/C11H9Cl2FN2O/c1-16-10(7(12)5-15-16)11(17)6-3-2-4-8(14)9(6)13/h2-5,11,17H,1H3. The van der Waals surface area contributed by atoms with Gasteiger partial charge in [0.2, 0.25) is 0 Å². The summed E-state index contributed by atoms with van der Waals surface area (Å²) in [6.07, 6.45) is 0.297. The van der Waals surface area contributed by atoms with E-state index in [1.54, 1.807) is 13.1 Å². The van der Waals surface area contributed by atoms with Crippen LogP contribution >= 0.6 is 23.2 Å². The third-order valence-corrected chi connectivity index (χ3v) is 3.16. The minimum absolute atomic E-state index is 0.114. The van der Waals surface area contributed by atoms with Gasteiger partial charge in [0.05, 0.1) is 21.9 Å². The van der Waals surface area contributed by atoms with Crippen LogP contribution in [0.3, 0.4) is 0 Å². The maximum absolute atomic E-state index is 13.3. The molecule has 0 fully saturated rings. The molecule has 2 rings (SSSR count). The number of benzene rings is 1. The van der Waals surface area contributed by atoms with Crippen LogP contribution in [0.5, 0.6) is 0 Å². The number of hydrogen-bond donors (Lipinski definition) is 1. The van der Waals surface area contributed by atoms with Gasteiger partial charge in [-0.25, -0.2) is 4.39 Å². The summed E-state index contributed by atoms with van der Waals surface area (Å²) in [5.41, 5.74) is 0.635. The Hall–Kier alpha value is -1.10. The van der Waals surface area contributed by atoms with Crippen molar-refractivity contribution in [3.05, 3.63) is 51.5 Å². The zero-order valence-corrected chi connectivity index (χ0v) is 10.4. The van der Waals surface area contributed by atoms with Crippen molar-refractivity contribution < 1.29 is 9.50 Å². The lowest BCUT2D eigenvalue weighted by Gasteiger charge is -2.14. The molecule has 0 radical (unpaired) electrons. The first-order valence-electron chi connectivity index (χ1n) is 4.81. The first-order valence-corrected chi connectivity index (χ1v) is 5.57. The van der Waals surface area contributed by atoms with E-state index >= 15 is 0 Å². The zero-order chi connectivity index (χ0) is 12.6. The van der Waals surface area contributed by atoms with Crippen molar-refractivity contribution in [3.8, 4) is 0 Å². The summed E-state index contributed by atoms with van der Waals surface area (Å²) in [5.74, 6) is -0.582. The van der Waals surface area contributed by atoms with Gasteiger partial charge in [0, 0.05) is 12.6 Å². The van der Waals surface area contributed by atoms with Gasteiger partial charge in [0.25, 0.3) is 0 Å². The van der Waals surface area contributed by atoms with Gasteiger partial charge in [-0.2, -0.15) is 5.10 Å². The number of halogens is 3. The highest BCUT2D eigenvalue weighted by Gasteiger charge is 2.21. The van der Waals surface area contributed by atoms with Crippen molar-refractivity contribution in [2.24, 2.45) is 7.05 Å². The molecule has 1 atom stereocenters. The van der Waals surface area contributed by atoms with E-state index in [1.165, 1.54) is 23.0 Å². The minimum Gasteiger partial charge on any atom is -0.382 e. The Bertz CT molecular complexity index is 537. The van der Waals surface area contributed by atoms with E-state index in [2.05, 4.69) is 5.10 Å². The molecule has 1 aromatic carbocycles. The Labute approximate surface area is 107 Å². The van der Waals surface area contributed by atoms with Crippen LogP contribution in [-0.4, -0.2) is 14.9 Å². The molecule has 1 aromatic heterocycles. The number of rotatable bonds is 2. The maximum atomic E-state index is 13.3. The minimum atomic E-state index is -1.11. The highest BCUT2D eigenvalue weighted by molar-refractivity contribution is 6.32. The Kier molecular flexibility index (Phi) is 3.38. The number of aromatic nitrogens is 2. The van der Waals surface area contributed by atoms with Gasteiger partial charge in [-0.1, -0.05) is 35.3 Å². The molecule has 2 aromatic rings. The van der Waals surface area contributed by atoms with Crippen molar-refractivity contribution in [2.75, 3.05) is 0 Å². The third kappa shape index (κ3) is 2.16. The molecule has 0 saturated carbocycles. The fourth-order valence-corrected chi connectivity index (χ4v) is 2.11. The molecule has 6 heteroatoms. The predicted molar refractivity (Wildman–Crippen MR) is 63.7 cm³/mol. The molecule has 0 bridgehead atoms. The topological polar surface area (TPSA) is 38.0 Å². The highest BCUT2D eigenvalue weighted by atomic mass is 35.5. The fraction of sp³-hybridized carbons (Fsp3) is 0.182. The van der Waals surface area contributed by atoms with E-state index in [-0.39, 0.29) is 10.6 Å². The van der Waals surface area contributed by atoms with Crippen LogP contribution < -0.4 is 0 Å². The molecular formula is C11H9Cl2FN2O. The van der Waals surface area contributed by atoms with E-state index in [0.717, 1.165) is 0 Å². The van der Waals surface area contributed by atoms with Crippen LogP contribution in [-0.2, 0) is 7.05 Å². The van der Waals surface area contributed by atoms with Crippen LogP contribution in [0.4, 0.5) is 4.39 Å². The van der Waals surface area contributed by atoms with Gasteiger partial charge in [-0.05, 0) is 6.07 Å². The second-order valence-corrected chi connectivity index (χ2v) is 4.33. The van der Waals surface area contributed by atoms with E-state index in [1.807, 2.05) is 0 Å². The van der Waals surface area contributed by atoms with Crippen LogP contribution in [0.25, 0.3) is 0 Å². The van der Waals surface area contributed by atoms with Gasteiger partial charge >= 0.3 is 0 Å². The monoisotopic (exact) mass is 274 g/mol. The summed E-state index contributed by atoms with van der Waals surface area (Å²) in [6, 6.07) is 4.24. The van der Waals surface area contributed by atoms with Crippen molar-refractivity contribution in [2.45, 2.75) is 6.10 Å². The molecule has 0 amide bonds. The van der Waals surface area contributed by atoms with Crippen LogP contribution in [0.2, 0.25) is 10.0 Å². The van der Waals surface area contributed by atoms with Gasteiger partial charge in [0.15, 0.2) is 0 Å². The van der Waals surface area contributed by atoms with E-state index in [9.17, 15) is 9.50 Å². The van der Waals surface area contributed by atoms with Crippen molar-refractivity contribution in [3.63, 3.8) is 0 Å². The number of aryl methyl sites for hydroxylation is 1. The smallest absolute Gasteiger partial charge is 0.142 e. The molecule has 0 spiro atoms. The maximum Gasteiger partial charge on any atom is 0.142 e. The normalized spacial score (nSPS) is 12.8. The molecule has 0 aliphatic carbocycles. The molecule has 3 nitrogen and oxygen atoms in total. The van der Waals surface area contributed by atoms with Crippen molar-refractivity contribution in [1.29, 1.82) is 0 Å². The lowest BCUT2D eigenvalue weighted by Crippen LogP contribution is -2.08. The van der Waals surface area contributed by atoms with Crippen molar-refractivity contribution >= 4 is 23.2 Å². The van der Waals surface area contributed by atoms with Gasteiger partial charge in [-0.3, -0.25) is 4.68 Å². The second-order valence-electron chi connectivity index (χ2n) is 3.55. The van der Waals surface area contributed by atoms with Crippen LogP contribution in [0.15, 0.2) is 24.4 Å². The molecule has 0 saturated heterocycles. The summed E-state index contributed by atoms with van der Waals surface area (Å²) in [4.78, 5) is 0. The number of aliphatic hydroxyl groups is 1. The highest BCUT2D eigenvalue weighted by Crippen LogP contribution is 2.32. The molecular weight excluding hydrogens is 266 g/mol. The average Bonchev–Trinajstić information content (AvgIpc) is 2.62. The molecule has 1 unspecified atom stereocenters. The fourth-order valence-electron chi connectivity index (χ4n) is 1.61. The summed E-state index contributed by atoms with van der Waals surface area (Å²) >= 11 is 11.7. The Morgan fingerprint density at radius 2 is 2.12 bits per heavy atom. The first-order chi connectivity index (χ1) is 8.02. The van der Waals surface area contributed by atoms with Gasteiger partial charge in [-0.15, -0.1) is 0 Å². The van der Waals surface area contributed by atoms with E-state index < -0.39 is 11.9 Å². The summed E-state index contributed by atoms with van der Waals surface area (Å²) in [6.45, 7) is 0. The molecule has 17 heavy (non-hydrogen) atoms. The van der Waals surface area contributed by atoms with Gasteiger partial charge < -0.3 is 5.11 Å². The molecule has 1 N–H and O–H groups in total. The summed E-state index contributed by atoms with van der Waals surface area (Å²) in [7, 11) is 1.64. The first kappa shape index (κ1) is 12.4. The quantitative estimate of drug-likeness (QED) is 0.915. The SMILES string of the molecule is Cn1ncc(Cl)c1C(O)c1cccc(F)c1Cl. The number of aliphatic hydroxyl groups excluding tert-OH is 1. The van der Waals surface area contributed by atoms with E-state index in [0.29, 0.717) is 10.7 Å². The largest absolute Gasteiger partial charge is 0.382 e. The molecule has 0 aliphatic rings. The van der Waals surface area contributed by atoms with Gasteiger partial charge in [0.1, 0.15) is 11.9 Å². The van der Waals surface area contributed by atoms with E-state index in [4.69, 9.17) is 23.2 Å². The molecule has 0 aliphatic heterocycles. The molecule has 1 heterocycles. The number of nitrogens with zero attached hydrogens (tertiary/aromatic N) is 2. The van der Waals surface area contributed by atoms with Crippen molar-refractivity contribution in [1.82, 2.24) is 9.78 Å². The summed E-state index contributed by atoms with van der Waals surface area (Å²) < 4.78 is 14.7. The lowest BCUT2D eigenvalue weighted by atomic mass is 10.1. The Balaban J connectivity index is 2.51. The van der Waals surface area contributed by atoms with Crippen LogP contribution in [0, 0.1) is 5.82 Å². The Morgan fingerprint density at radius 3 is 2.71 bits per heavy atom. The zero-order valence-electron chi connectivity index (χ0n) is 8.86. The number of hydrogen-bond acceptors (Lipinski definition) is 2. The molecule has 90 valence electrons. The lowest BCUT2D eigenvalue weighted by molar-refractivity contribution is 0.209. The third-order valence-electron chi connectivity index (χ3n) is 2.47. The predicted octanol–water partition coefficient (Wildman–Crippen LogP) is 2.95. The second kappa shape index (κ2) is 4.64. The summed E-state index contributed by atoms with van der Waals surface area (Å²) in [5, 5.41) is 14.2. The Morgan fingerprint density at radius 1 is 1.41 bits per heavy atom. The average molecular weight is 275 g/mol.